The van der Waals surface area contributed by atoms with E-state index in [9.17, 15) is 18.3 Å². The molecule has 156 valence electrons. The molecular formula is C22H20F3N3O2. The smallest absolute Gasteiger partial charge is 0.419 e. The van der Waals surface area contributed by atoms with Gasteiger partial charge in [-0.15, -0.1) is 10.2 Å². The summed E-state index contributed by atoms with van der Waals surface area (Å²) >= 11 is 0. The predicted octanol–water partition coefficient (Wildman–Crippen LogP) is 4.92. The third kappa shape index (κ3) is 4.48. The Hall–Kier alpha value is -3.29. The lowest BCUT2D eigenvalue weighted by atomic mass is 10.1. The van der Waals surface area contributed by atoms with Gasteiger partial charge in [-0.2, -0.15) is 13.2 Å². The van der Waals surface area contributed by atoms with E-state index in [-0.39, 0.29) is 17.6 Å². The van der Waals surface area contributed by atoms with Crippen molar-refractivity contribution < 1.29 is 23.0 Å². The Labute approximate surface area is 171 Å². The number of alkyl halides is 3. The molecule has 1 N–H and O–H groups in total. The second kappa shape index (κ2) is 8.22. The van der Waals surface area contributed by atoms with Gasteiger partial charge in [-0.3, -0.25) is 0 Å². The van der Waals surface area contributed by atoms with Crippen molar-refractivity contribution in [3.63, 3.8) is 0 Å². The monoisotopic (exact) mass is 415 g/mol. The van der Waals surface area contributed by atoms with Crippen LogP contribution in [0.3, 0.4) is 0 Å². The molecule has 4 rings (SSSR count). The number of halogens is 3. The first kappa shape index (κ1) is 20.0. The Morgan fingerprint density at radius 1 is 0.933 bits per heavy atom. The maximum Gasteiger partial charge on any atom is 0.419 e. The van der Waals surface area contributed by atoms with Gasteiger partial charge in [-0.05, 0) is 36.4 Å². The molecule has 2 heterocycles. The van der Waals surface area contributed by atoms with Crippen LogP contribution >= 0.6 is 0 Å². The molecule has 1 aliphatic rings. The molecule has 0 bridgehead atoms. The highest BCUT2D eigenvalue weighted by molar-refractivity contribution is 5.61. The molecule has 8 heteroatoms. The van der Waals surface area contributed by atoms with E-state index in [1.807, 2.05) is 23.1 Å². The summed E-state index contributed by atoms with van der Waals surface area (Å²) in [6.45, 7) is 1.22. The Morgan fingerprint density at radius 3 is 2.37 bits per heavy atom. The van der Waals surface area contributed by atoms with Crippen LogP contribution in [-0.2, 0) is 6.18 Å². The Bertz CT molecular complexity index is 1000. The third-order valence-corrected chi connectivity index (χ3v) is 5.04. The Kier molecular flexibility index (Phi) is 5.48. The van der Waals surface area contributed by atoms with Crippen LogP contribution in [0, 0.1) is 0 Å². The highest BCUT2D eigenvalue weighted by atomic mass is 19.4. The molecular weight excluding hydrogens is 395 g/mol. The van der Waals surface area contributed by atoms with Crippen LogP contribution in [0.15, 0.2) is 60.7 Å². The first-order valence-corrected chi connectivity index (χ1v) is 9.61. The fourth-order valence-corrected chi connectivity index (χ4v) is 3.50. The molecule has 1 saturated heterocycles. The number of aromatic nitrogens is 2. The van der Waals surface area contributed by atoms with Crippen molar-refractivity contribution in [2.75, 3.05) is 18.0 Å². The normalized spacial score (nSPS) is 15.2. The molecule has 0 radical (unpaired) electrons. The van der Waals surface area contributed by atoms with E-state index >= 15 is 0 Å². The lowest BCUT2D eigenvalue weighted by Crippen LogP contribution is -2.39. The van der Waals surface area contributed by atoms with Crippen molar-refractivity contribution in [1.82, 2.24) is 10.2 Å². The summed E-state index contributed by atoms with van der Waals surface area (Å²) in [5.41, 5.74) is 0.668. The highest BCUT2D eigenvalue weighted by Crippen LogP contribution is 2.37. The first-order chi connectivity index (χ1) is 14.4. The van der Waals surface area contributed by atoms with Crippen LogP contribution in [-0.4, -0.2) is 34.5 Å². The summed E-state index contributed by atoms with van der Waals surface area (Å²) in [6.07, 6.45) is -3.56. The number of rotatable bonds is 4. The lowest BCUT2D eigenvalue weighted by molar-refractivity contribution is -0.139. The minimum absolute atomic E-state index is 0.126. The van der Waals surface area contributed by atoms with Crippen LogP contribution in [0.5, 0.6) is 11.5 Å². The van der Waals surface area contributed by atoms with E-state index in [2.05, 4.69) is 10.2 Å². The SMILES string of the molecule is Oc1cccc(-c2ccc(N3CCC(Oc4ccccc4C(F)(F)F)CC3)nn2)c1. The van der Waals surface area contributed by atoms with Gasteiger partial charge >= 0.3 is 6.18 Å². The quantitative estimate of drug-likeness (QED) is 0.656. The lowest BCUT2D eigenvalue weighted by Gasteiger charge is -2.33. The number of ether oxygens (including phenoxy) is 1. The summed E-state index contributed by atoms with van der Waals surface area (Å²) in [5.74, 6) is 0.735. The number of aromatic hydroxyl groups is 1. The van der Waals surface area contributed by atoms with Gasteiger partial charge in [0.2, 0.25) is 0 Å². The molecule has 0 unspecified atom stereocenters. The van der Waals surface area contributed by atoms with Gasteiger partial charge in [0.25, 0.3) is 0 Å². The van der Waals surface area contributed by atoms with Crippen LogP contribution in [0.1, 0.15) is 18.4 Å². The molecule has 2 aromatic carbocycles. The molecule has 0 atom stereocenters. The fourth-order valence-electron chi connectivity index (χ4n) is 3.50. The fraction of sp³-hybridized carbons (Fsp3) is 0.273. The second-order valence-electron chi connectivity index (χ2n) is 7.13. The van der Waals surface area contributed by atoms with E-state index in [0.717, 1.165) is 11.6 Å². The highest BCUT2D eigenvalue weighted by Gasteiger charge is 2.35. The Balaban J connectivity index is 1.38. The molecule has 5 nitrogen and oxygen atoms in total. The van der Waals surface area contributed by atoms with E-state index in [1.165, 1.54) is 12.1 Å². The summed E-state index contributed by atoms with van der Waals surface area (Å²) in [7, 11) is 0. The van der Waals surface area contributed by atoms with Gasteiger partial charge in [0, 0.05) is 31.5 Å². The average Bonchev–Trinajstić information content (AvgIpc) is 2.74. The number of benzene rings is 2. The number of para-hydroxylation sites is 1. The van der Waals surface area contributed by atoms with Gasteiger partial charge in [-0.1, -0.05) is 24.3 Å². The average molecular weight is 415 g/mol. The van der Waals surface area contributed by atoms with Crippen LogP contribution in [0.4, 0.5) is 19.0 Å². The van der Waals surface area contributed by atoms with Crippen molar-refractivity contribution in [3.05, 3.63) is 66.2 Å². The molecule has 1 aliphatic heterocycles. The number of nitrogens with zero attached hydrogens (tertiary/aromatic N) is 3. The van der Waals surface area contributed by atoms with Crippen LogP contribution in [0.25, 0.3) is 11.3 Å². The van der Waals surface area contributed by atoms with E-state index in [4.69, 9.17) is 4.74 Å². The van der Waals surface area contributed by atoms with Gasteiger partial charge in [0.1, 0.15) is 17.6 Å². The summed E-state index contributed by atoms with van der Waals surface area (Å²) in [5, 5.41) is 18.1. The number of hydrogen-bond donors (Lipinski definition) is 1. The molecule has 0 spiro atoms. The first-order valence-electron chi connectivity index (χ1n) is 9.61. The number of hydrogen-bond acceptors (Lipinski definition) is 5. The largest absolute Gasteiger partial charge is 0.508 e. The molecule has 0 saturated carbocycles. The van der Waals surface area contributed by atoms with E-state index < -0.39 is 11.7 Å². The summed E-state index contributed by atoms with van der Waals surface area (Å²) < 4.78 is 45.1. The molecule has 0 aliphatic carbocycles. The zero-order valence-electron chi connectivity index (χ0n) is 16.0. The topological polar surface area (TPSA) is 58.5 Å². The number of phenols is 1. The molecule has 3 aromatic rings. The minimum atomic E-state index is -4.44. The van der Waals surface area contributed by atoms with Crippen molar-refractivity contribution in [2.45, 2.75) is 25.1 Å². The van der Waals surface area contributed by atoms with Crippen molar-refractivity contribution in [1.29, 1.82) is 0 Å². The number of phenolic OH excluding ortho intramolecular Hbond substituents is 1. The van der Waals surface area contributed by atoms with Gasteiger partial charge in [0.15, 0.2) is 5.82 Å². The van der Waals surface area contributed by atoms with Crippen molar-refractivity contribution in [2.24, 2.45) is 0 Å². The maximum atomic E-state index is 13.1. The third-order valence-electron chi connectivity index (χ3n) is 5.04. The van der Waals surface area contributed by atoms with Gasteiger partial charge in [0.05, 0.1) is 11.3 Å². The standard InChI is InChI=1S/C22H20F3N3O2/c23-22(24,25)18-6-1-2-7-20(18)30-17-10-12-28(13-11-17)21-9-8-19(26-27-21)15-4-3-5-16(29)14-15/h1-9,14,17,29H,10-13H2. The predicted molar refractivity (Wildman–Crippen MR) is 106 cm³/mol. The second-order valence-corrected chi connectivity index (χ2v) is 7.13. The van der Waals surface area contributed by atoms with Crippen molar-refractivity contribution in [3.8, 4) is 22.8 Å². The van der Waals surface area contributed by atoms with Crippen LogP contribution < -0.4 is 9.64 Å². The van der Waals surface area contributed by atoms with E-state index in [1.54, 1.807) is 24.3 Å². The summed E-state index contributed by atoms with van der Waals surface area (Å²) in [6, 6.07) is 15.8. The maximum absolute atomic E-state index is 13.1. The molecule has 30 heavy (non-hydrogen) atoms. The zero-order valence-corrected chi connectivity index (χ0v) is 16.0. The zero-order chi connectivity index (χ0) is 21.1. The van der Waals surface area contributed by atoms with E-state index in [0.29, 0.717) is 37.4 Å². The van der Waals surface area contributed by atoms with Gasteiger partial charge < -0.3 is 14.7 Å². The van der Waals surface area contributed by atoms with Crippen LogP contribution in [0.2, 0.25) is 0 Å². The number of anilines is 1. The summed E-state index contributed by atoms with van der Waals surface area (Å²) in [4.78, 5) is 2.04. The van der Waals surface area contributed by atoms with Gasteiger partial charge in [-0.25, -0.2) is 0 Å². The molecule has 1 fully saturated rings. The minimum Gasteiger partial charge on any atom is -0.508 e. The molecule has 0 amide bonds. The van der Waals surface area contributed by atoms with Crippen molar-refractivity contribution >= 4 is 5.82 Å². The number of piperidine rings is 1. The Morgan fingerprint density at radius 2 is 1.70 bits per heavy atom. The molecule has 1 aromatic heterocycles.